The molecule has 2 bridgehead atoms. The zero-order chi connectivity index (χ0) is 23.1. The van der Waals surface area contributed by atoms with Crippen molar-refractivity contribution in [1.29, 1.82) is 0 Å². The molecule has 0 amide bonds. The molecule has 6 nitrogen and oxygen atoms in total. The molecule has 2 saturated heterocycles. The van der Waals surface area contributed by atoms with E-state index in [0.717, 1.165) is 35.4 Å². The lowest BCUT2D eigenvalue weighted by molar-refractivity contribution is 0.213. The molecular weight excluding hydrogens is 424 g/mol. The van der Waals surface area contributed by atoms with Crippen LogP contribution >= 0.6 is 0 Å². The van der Waals surface area contributed by atoms with E-state index in [1.807, 2.05) is 24.3 Å². The Bertz CT molecular complexity index is 1240. The van der Waals surface area contributed by atoms with Gasteiger partial charge in [-0.15, -0.1) is 10.2 Å². The number of nitrogens with one attached hydrogen (secondary N) is 1. The number of hydrogen-bond acceptors (Lipinski definition) is 6. The van der Waals surface area contributed by atoms with Crippen molar-refractivity contribution in [3.05, 3.63) is 59.9 Å². The second-order valence-corrected chi connectivity index (χ2v) is 9.78. The van der Waals surface area contributed by atoms with Crippen LogP contribution in [0.3, 0.4) is 0 Å². The molecule has 1 aliphatic carbocycles. The van der Waals surface area contributed by atoms with Crippen molar-refractivity contribution in [2.24, 2.45) is 5.92 Å². The second kappa shape index (κ2) is 8.84. The van der Waals surface area contributed by atoms with Gasteiger partial charge in [0.2, 0.25) is 5.88 Å². The largest absolute Gasteiger partial charge is 0.507 e. The van der Waals surface area contributed by atoms with E-state index in [4.69, 9.17) is 9.84 Å². The Kier molecular flexibility index (Phi) is 5.53. The summed E-state index contributed by atoms with van der Waals surface area (Å²) in [6.45, 7) is 0. The quantitative estimate of drug-likeness (QED) is 0.566. The van der Waals surface area contributed by atoms with Crippen LogP contribution in [0.4, 0.5) is 0 Å². The normalized spacial score (nSPS) is 23.7. The number of methoxy groups -OCH3 is 1. The molecule has 3 atom stereocenters. The van der Waals surface area contributed by atoms with Gasteiger partial charge < -0.3 is 15.2 Å². The fourth-order valence-electron chi connectivity index (χ4n) is 5.98. The molecule has 34 heavy (non-hydrogen) atoms. The van der Waals surface area contributed by atoms with Crippen molar-refractivity contribution in [2.45, 2.75) is 57.0 Å². The van der Waals surface area contributed by atoms with Crippen molar-refractivity contribution >= 4 is 5.57 Å². The highest BCUT2D eigenvalue weighted by molar-refractivity contribution is 5.76. The Morgan fingerprint density at radius 3 is 2.62 bits per heavy atom. The highest BCUT2D eigenvalue weighted by Crippen LogP contribution is 2.41. The van der Waals surface area contributed by atoms with E-state index in [0.29, 0.717) is 29.4 Å². The molecule has 1 aromatic carbocycles. The number of pyridine rings is 1. The lowest BCUT2D eigenvalue weighted by Crippen LogP contribution is -2.48. The molecule has 6 heteroatoms. The van der Waals surface area contributed by atoms with Crippen LogP contribution in [0.1, 0.15) is 49.8 Å². The predicted octanol–water partition coefficient (Wildman–Crippen LogP) is 5.17. The summed E-state index contributed by atoms with van der Waals surface area (Å²) in [6, 6.07) is 12.9. The number of phenols is 1. The van der Waals surface area contributed by atoms with Crippen molar-refractivity contribution in [3.63, 3.8) is 0 Å². The summed E-state index contributed by atoms with van der Waals surface area (Å²) < 4.78 is 5.23. The number of aromatic nitrogens is 3. The molecule has 2 aromatic heterocycles. The van der Waals surface area contributed by atoms with Gasteiger partial charge in [0.25, 0.3) is 0 Å². The summed E-state index contributed by atoms with van der Waals surface area (Å²) in [7, 11) is 1.60. The molecule has 0 unspecified atom stereocenters. The van der Waals surface area contributed by atoms with Crippen LogP contribution in [0, 0.1) is 5.92 Å². The summed E-state index contributed by atoms with van der Waals surface area (Å²) >= 11 is 0. The van der Waals surface area contributed by atoms with Crippen LogP contribution in [0.25, 0.3) is 28.0 Å². The van der Waals surface area contributed by atoms with E-state index < -0.39 is 0 Å². The number of aryl methyl sites for hydroxylation is 1. The average molecular weight is 455 g/mol. The number of fused-ring (bicyclic) bond motifs is 3. The zero-order valence-electron chi connectivity index (χ0n) is 19.5. The Labute approximate surface area is 200 Å². The van der Waals surface area contributed by atoms with Crippen molar-refractivity contribution in [3.8, 4) is 34.0 Å². The van der Waals surface area contributed by atoms with Crippen LogP contribution in [0.5, 0.6) is 11.6 Å². The van der Waals surface area contributed by atoms with Gasteiger partial charge in [0, 0.05) is 29.9 Å². The molecule has 0 spiro atoms. The molecule has 6 rings (SSSR count). The lowest BCUT2D eigenvalue weighted by atomic mass is 9.74. The first-order valence-electron chi connectivity index (χ1n) is 12.3. The number of aromatic hydroxyl groups is 1. The molecule has 3 aromatic rings. The molecule has 174 valence electrons. The van der Waals surface area contributed by atoms with E-state index in [9.17, 15) is 5.11 Å². The SMILES string of the molecule is COc1cc(-c2ccc(-c3cc4c(nn3)C([C@@H]3C[C@H]5CCC[C@@H](C3)N5)=CCC4)c(O)c2)ccn1. The first-order chi connectivity index (χ1) is 16.7. The highest BCUT2D eigenvalue weighted by Gasteiger charge is 2.34. The van der Waals surface area contributed by atoms with Crippen molar-refractivity contribution < 1.29 is 9.84 Å². The van der Waals surface area contributed by atoms with Gasteiger partial charge in [0.15, 0.2) is 0 Å². The minimum Gasteiger partial charge on any atom is -0.507 e. The molecular formula is C28H30N4O2. The fourth-order valence-corrected chi connectivity index (χ4v) is 5.98. The number of piperidine rings is 2. The second-order valence-electron chi connectivity index (χ2n) is 9.78. The standard InChI is InChI=1S/C28H30N4O2/c1-34-27-16-18(10-11-29-27)17-8-9-24(26(33)15-17)25-14-19-4-2-7-23(28(19)32-31-25)20-12-21-5-3-6-22(13-20)30-21/h7-11,14-16,20-22,30,33H,2-6,12-13H2,1H3/t20-,21-,22+. The summed E-state index contributed by atoms with van der Waals surface area (Å²) in [6.07, 6.45) is 12.5. The van der Waals surface area contributed by atoms with Gasteiger partial charge in [-0.2, -0.15) is 0 Å². The molecule has 4 heterocycles. The maximum Gasteiger partial charge on any atom is 0.213 e. The average Bonchev–Trinajstić information content (AvgIpc) is 2.87. The van der Waals surface area contributed by atoms with Crippen LogP contribution in [0.2, 0.25) is 0 Å². The molecule has 0 radical (unpaired) electrons. The molecule has 0 saturated carbocycles. The van der Waals surface area contributed by atoms with E-state index >= 15 is 0 Å². The van der Waals surface area contributed by atoms with Crippen LogP contribution in [-0.4, -0.2) is 39.5 Å². The van der Waals surface area contributed by atoms with Gasteiger partial charge in [-0.3, -0.25) is 0 Å². The summed E-state index contributed by atoms with van der Waals surface area (Å²) in [4.78, 5) is 4.16. The van der Waals surface area contributed by atoms with Crippen LogP contribution in [-0.2, 0) is 6.42 Å². The Hall–Kier alpha value is -3.25. The summed E-state index contributed by atoms with van der Waals surface area (Å²) in [5, 5.41) is 23.9. The third-order valence-corrected chi connectivity index (χ3v) is 7.63. The van der Waals surface area contributed by atoms with Crippen molar-refractivity contribution in [2.75, 3.05) is 7.11 Å². The van der Waals surface area contributed by atoms with Crippen LogP contribution in [0.15, 0.2) is 48.7 Å². The first kappa shape index (κ1) is 21.3. The maximum atomic E-state index is 10.9. The lowest BCUT2D eigenvalue weighted by Gasteiger charge is -2.41. The maximum absolute atomic E-state index is 10.9. The smallest absolute Gasteiger partial charge is 0.213 e. The molecule has 2 aliphatic heterocycles. The van der Waals surface area contributed by atoms with Gasteiger partial charge in [0.05, 0.1) is 18.5 Å². The van der Waals surface area contributed by atoms with E-state index in [-0.39, 0.29) is 5.75 Å². The number of ether oxygens (including phenoxy) is 1. The van der Waals surface area contributed by atoms with Gasteiger partial charge >= 0.3 is 0 Å². The van der Waals surface area contributed by atoms with E-state index in [1.54, 1.807) is 19.4 Å². The van der Waals surface area contributed by atoms with Crippen molar-refractivity contribution in [1.82, 2.24) is 20.5 Å². The van der Waals surface area contributed by atoms with Gasteiger partial charge in [0.1, 0.15) is 5.75 Å². The minimum absolute atomic E-state index is 0.195. The Morgan fingerprint density at radius 1 is 1.00 bits per heavy atom. The summed E-state index contributed by atoms with van der Waals surface area (Å²) in [5.41, 5.74) is 6.96. The van der Waals surface area contributed by atoms with Gasteiger partial charge in [-0.25, -0.2) is 4.98 Å². The van der Waals surface area contributed by atoms with E-state index in [1.165, 1.54) is 43.2 Å². The fraction of sp³-hybridized carbons (Fsp3) is 0.393. The van der Waals surface area contributed by atoms with Gasteiger partial charge in [-0.1, -0.05) is 18.6 Å². The Balaban J connectivity index is 1.28. The predicted molar refractivity (Wildman–Crippen MR) is 133 cm³/mol. The number of allylic oxidation sites excluding steroid dienone is 2. The van der Waals surface area contributed by atoms with E-state index in [2.05, 4.69) is 27.5 Å². The number of nitrogens with zero attached hydrogens (tertiary/aromatic N) is 3. The number of rotatable bonds is 4. The minimum atomic E-state index is 0.195. The molecule has 3 aliphatic rings. The van der Waals surface area contributed by atoms with Gasteiger partial charge in [-0.05, 0) is 91.0 Å². The topological polar surface area (TPSA) is 80.2 Å². The molecule has 2 N–H and O–H groups in total. The highest BCUT2D eigenvalue weighted by atomic mass is 16.5. The number of hydrogen-bond donors (Lipinski definition) is 2. The first-order valence-corrected chi connectivity index (χ1v) is 12.3. The van der Waals surface area contributed by atoms with Crippen LogP contribution < -0.4 is 10.1 Å². The third kappa shape index (κ3) is 3.96. The summed E-state index contributed by atoms with van der Waals surface area (Å²) in [5.74, 6) is 1.31. The zero-order valence-corrected chi connectivity index (χ0v) is 19.5. The Morgan fingerprint density at radius 2 is 1.82 bits per heavy atom. The third-order valence-electron chi connectivity index (χ3n) is 7.63. The molecule has 2 fully saturated rings. The number of benzene rings is 1. The number of phenolic OH excluding ortho intramolecular Hbond substituents is 1. The monoisotopic (exact) mass is 454 g/mol.